The number of hydrogen-bond acceptors (Lipinski definition) is 7. The van der Waals surface area contributed by atoms with E-state index in [0.717, 1.165) is 10.9 Å². The van der Waals surface area contributed by atoms with Gasteiger partial charge in [-0.3, -0.25) is 24.2 Å². The Bertz CT molecular complexity index is 1310. The van der Waals surface area contributed by atoms with Gasteiger partial charge in [-0.1, -0.05) is 18.2 Å². The minimum absolute atomic E-state index is 0.00781. The van der Waals surface area contributed by atoms with Crippen molar-refractivity contribution in [2.24, 2.45) is 22.2 Å². The van der Waals surface area contributed by atoms with Crippen LogP contribution in [0, 0.1) is 0 Å². The van der Waals surface area contributed by atoms with Gasteiger partial charge >= 0.3 is 11.9 Å². The fraction of sp³-hybridized carbons (Fsp3) is 0.462. The third-order valence-corrected chi connectivity index (χ3v) is 6.84. The first kappa shape index (κ1) is 30.9. The molecule has 4 unspecified atom stereocenters. The Morgan fingerprint density at radius 1 is 1.10 bits per heavy atom. The second kappa shape index (κ2) is 14.1. The topological polar surface area (TPSA) is 259 Å². The van der Waals surface area contributed by atoms with E-state index in [2.05, 4.69) is 20.6 Å². The van der Waals surface area contributed by atoms with Gasteiger partial charge in [0, 0.05) is 36.6 Å². The van der Waals surface area contributed by atoms with Crippen LogP contribution < -0.4 is 27.8 Å². The van der Waals surface area contributed by atoms with Crippen LogP contribution in [-0.2, 0) is 30.4 Å². The summed E-state index contributed by atoms with van der Waals surface area (Å²) in [6, 6.07) is 2.61. The average Bonchev–Trinajstić information content (AvgIpc) is 3.56. The molecule has 1 aliphatic rings. The number of nitrogens with one attached hydrogen (secondary N) is 3. The molecule has 0 bridgehead atoms. The molecule has 3 rings (SSSR count). The van der Waals surface area contributed by atoms with E-state index in [-0.39, 0.29) is 44.7 Å². The highest BCUT2D eigenvalue weighted by molar-refractivity contribution is 5.95. The van der Waals surface area contributed by atoms with Gasteiger partial charge in [-0.25, -0.2) is 4.79 Å². The Morgan fingerprint density at radius 2 is 1.83 bits per heavy atom. The van der Waals surface area contributed by atoms with Crippen LogP contribution in [0.1, 0.15) is 37.7 Å². The van der Waals surface area contributed by atoms with Gasteiger partial charge in [0.25, 0.3) is 0 Å². The smallest absolute Gasteiger partial charge is 0.326 e. The van der Waals surface area contributed by atoms with Crippen molar-refractivity contribution in [2.45, 2.75) is 62.7 Å². The third-order valence-electron chi connectivity index (χ3n) is 6.84. The highest BCUT2D eigenvalue weighted by Gasteiger charge is 2.38. The number of hydrogen-bond donors (Lipinski definition) is 8. The van der Waals surface area contributed by atoms with Crippen LogP contribution in [0.15, 0.2) is 35.5 Å². The van der Waals surface area contributed by atoms with E-state index < -0.39 is 60.2 Å². The lowest BCUT2D eigenvalue weighted by Crippen LogP contribution is -2.57. The maximum Gasteiger partial charge on any atom is 0.326 e. The lowest BCUT2D eigenvalue weighted by molar-refractivity contribution is -0.144. The summed E-state index contributed by atoms with van der Waals surface area (Å²) in [7, 11) is 0. The van der Waals surface area contributed by atoms with Gasteiger partial charge in [0.15, 0.2) is 5.96 Å². The number of carbonyl (C=O) groups is 5. The zero-order chi connectivity index (χ0) is 30.1. The largest absolute Gasteiger partial charge is 0.481 e. The molecule has 15 heteroatoms. The maximum absolute atomic E-state index is 13.3. The molecule has 1 aromatic heterocycles. The molecule has 0 saturated carbocycles. The average molecular weight is 573 g/mol. The number of fused-ring (bicyclic) bond motifs is 1. The lowest BCUT2D eigenvalue weighted by atomic mass is 10.0. The number of amides is 3. The molecule has 3 amide bonds. The number of aromatic nitrogens is 1. The summed E-state index contributed by atoms with van der Waals surface area (Å²) in [5, 5.41) is 24.8. The van der Waals surface area contributed by atoms with Gasteiger partial charge in [0.05, 0.1) is 12.5 Å². The highest BCUT2D eigenvalue weighted by Crippen LogP contribution is 2.21. The number of carboxylic acids is 2. The normalized spacial score (nSPS) is 16.9. The molecule has 41 heavy (non-hydrogen) atoms. The van der Waals surface area contributed by atoms with Crippen LogP contribution in [0.5, 0.6) is 0 Å². The zero-order valence-corrected chi connectivity index (χ0v) is 22.4. The van der Waals surface area contributed by atoms with Crippen LogP contribution >= 0.6 is 0 Å². The van der Waals surface area contributed by atoms with Gasteiger partial charge in [0.2, 0.25) is 17.7 Å². The summed E-state index contributed by atoms with van der Waals surface area (Å²) < 4.78 is 0. The Hall–Kier alpha value is -4.66. The van der Waals surface area contributed by atoms with Gasteiger partial charge in [-0.2, -0.15) is 0 Å². The van der Waals surface area contributed by atoms with Crippen LogP contribution in [0.3, 0.4) is 0 Å². The molecule has 222 valence electrons. The number of para-hydroxylation sites is 1. The number of nitrogens with zero attached hydrogens (tertiary/aromatic N) is 2. The first-order valence-corrected chi connectivity index (χ1v) is 13.2. The minimum atomic E-state index is -1.32. The number of rotatable bonds is 14. The molecule has 2 aromatic rings. The summed E-state index contributed by atoms with van der Waals surface area (Å²) in [4.78, 5) is 70.5. The van der Waals surface area contributed by atoms with Gasteiger partial charge in [-0.05, 0) is 37.3 Å². The molecule has 11 N–H and O–H groups in total. The quantitative estimate of drug-likeness (QED) is 0.0746. The number of aliphatic imine (C=N–C) groups is 1. The molecular weight excluding hydrogens is 536 g/mol. The first-order chi connectivity index (χ1) is 19.5. The van der Waals surface area contributed by atoms with E-state index >= 15 is 0 Å². The second-order valence-corrected chi connectivity index (χ2v) is 9.87. The Morgan fingerprint density at radius 3 is 2.51 bits per heavy atom. The number of H-pyrrole nitrogens is 1. The predicted molar refractivity (Wildman–Crippen MR) is 148 cm³/mol. The Labute approximate surface area is 235 Å². The van der Waals surface area contributed by atoms with Crippen molar-refractivity contribution >= 4 is 46.5 Å². The van der Waals surface area contributed by atoms with E-state index in [1.165, 1.54) is 4.90 Å². The molecule has 0 radical (unpaired) electrons. The number of aromatic amines is 1. The fourth-order valence-corrected chi connectivity index (χ4v) is 4.82. The molecule has 1 fully saturated rings. The van der Waals surface area contributed by atoms with E-state index in [0.29, 0.717) is 12.0 Å². The van der Waals surface area contributed by atoms with Crippen molar-refractivity contribution in [3.8, 4) is 0 Å². The van der Waals surface area contributed by atoms with Crippen LogP contribution in [0.25, 0.3) is 10.9 Å². The predicted octanol–water partition coefficient (Wildman–Crippen LogP) is -1.39. The number of benzene rings is 1. The van der Waals surface area contributed by atoms with Crippen LogP contribution in [0.4, 0.5) is 0 Å². The molecular formula is C26H36N8O7. The summed E-state index contributed by atoms with van der Waals surface area (Å²) in [6.07, 6.45) is 2.22. The van der Waals surface area contributed by atoms with E-state index in [1.54, 1.807) is 6.20 Å². The fourth-order valence-electron chi connectivity index (χ4n) is 4.82. The van der Waals surface area contributed by atoms with Crippen molar-refractivity contribution in [3.05, 3.63) is 36.0 Å². The maximum atomic E-state index is 13.3. The number of aliphatic carboxylic acids is 2. The lowest BCUT2D eigenvalue weighted by Gasteiger charge is -2.28. The molecule has 15 nitrogen and oxygen atoms in total. The van der Waals surface area contributed by atoms with Crippen LogP contribution in [-0.4, -0.2) is 93.0 Å². The van der Waals surface area contributed by atoms with Crippen molar-refractivity contribution in [1.29, 1.82) is 0 Å². The van der Waals surface area contributed by atoms with Crippen molar-refractivity contribution in [2.75, 3.05) is 13.1 Å². The number of carboxylic acid groups (broad SMARTS) is 2. The SMILES string of the molecule is NC(N)=NCCCC(NC(=O)C1CCCN1C(=O)C(N)CC(=O)O)C(=O)NC(Cc1c[nH]c2ccccc12)C(=O)O. The number of carbonyl (C=O) groups excluding carboxylic acids is 3. The molecule has 0 spiro atoms. The summed E-state index contributed by atoms with van der Waals surface area (Å²) in [5.41, 5.74) is 18.0. The third kappa shape index (κ3) is 8.41. The summed E-state index contributed by atoms with van der Waals surface area (Å²) in [6.45, 7) is 0.370. The minimum Gasteiger partial charge on any atom is -0.481 e. The highest BCUT2D eigenvalue weighted by atomic mass is 16.4. The van der Waals surface area contributed by atoms with E-state index in [9.17, 15) is 29.1 Å². The van der Waals surface area contributed by atoms with Gasteiger partial charge in [-0.15, -0.1) is 0 Å². The Balaban J connectivity index is 1.74. The number of nitrogens with two attached hydrogens (primary N) is 3. The first-order valence-electron chi connectivity index (χ1n) is 13.2. The number of likely N-dealkylation sites (tertiary alicyclic amines) is 1. The molecule has 2 heterocycles. The molecule has 0 aliphatic carbocycles. The van der Waals surface area contributed by atoms with Crippen molar-refractivity contribution < 1.29 is 34.2 Å². The monoisotopic (exact) mass is 572 g/mol. The molecule has 4 atom stereocenters. The standard InChI is InChI=1S/C26H36N8O7/c27-16(12-21(35)36)24(39)34-10-4-8-20(34)23(38)32-18(7-3-9-30-26(28)29)22(37)33-19(25(40)41)11-14-13-31-17-6-2-1-5-15(14)17/h1-2,5-6,13,16,18-20,31H,3-4,7-12,27H2,(H,32,38)(H,33,37)(H,35,36)(H,40,41)(H4,28,29,30). The molecule has 1 aromatic carbocycles. The van der Waals surface area contributed by atoms with Crippen LogP contribution in [0.2, 0.25) is 0 Å². The molecule has 1 aliphatic heterocycles. The summed E-state index contributed by atoms with van der Waals surface area (Å²) >= 11 is 0. The van der Waals surface area contributed by atoms with Crippen molar-refractivity contribution in [1.82, 2.24) is 20.5 Å². The second-order valence-electron chi connectivity index (χ2n) is 9.87. The van der Waals surface area contributed by atoms with Gasteiger partial charge in [0.1, 0.15) is 18.1 Å². The summed E-state index contributed by atoms with van der Waals surface area (Å²) in [5.74, 6) is -4.68. The van der Waals surface area contributed by atoms with E-state index in [4.69, 9.17) is 22.3 Å². The van der Waals surface area contributed by atoms with E-state index in [1.807, 2.05) is 24.3 Å². The van der Waals surface area contributed by atoms with Crippen molar-refractivity contribution in [3.63, 3.8) is 0 Å². The number of guanidine groups is 1. The van der Waals surface area contributed by atoms with Gasteiger partial charge < -0.3 is 47.9 Å². The Kier molecular flexibility index (Phi) is 10.6. The molecule has 1 saturated heterocycles. The zero-order valence-electron chi connectivity index (χ0n) is 22.4.